The number of hydrogen-bond acceptors (Lipinski definition) is 1. The van der Waals surface area contributed by atoms with Crippen LogP contribution < -0.4 is 5.73 Å². The lowest BCUT2D eigenvalue weighted by Crippen LogP contribution is -2.00. The second-order valence-electron chi connectivity index (χ2n) is 3.18. The lowest BCUT2D eigenvalue weighted by molar-refractivity contribution is 0.989. The highest BCUT2D eigenvalue weighted by molar-refractivity contribution is 9.13. The molecule has 1 aromatic carbocycles. The van der Waals surface area contributed by atoms with Gasteiger partial charge in [0, 0.05) is 20.9 Å². The number of benzene rings is 1. The molecule has 0 bridgehead atoms. The lowest BCUT2D eigenvalue weighted by atomic mass is 10.1. The topological polar surface area (TPSA) is 26.0 Å². The fourth-order valence-electron chi connectivity index (χ4n) is 1.34. The fraction of sp³-hybridized carbons (Fsp3) is 0.333. The van der Waals surface area contributed by atoms with Gasteiger partial charge in [-0.25, -0.2) is 0 Å². The van der Waals surface area contributed by atoms with E-state index in [1.807, 2.05) is 0 Å². The zero-order valence-electron chi connectivity index (χ0n) is 6.43. The molecule has 0 radical (unpaired) electrons. The molecule has 2 atom stereocenters. The lowest BCUT2D eigenvalue weighted by Gasteiger charge is -2.00. The van der Waals surface area contributed by atoms with Crippen LogP contribution in [-0.4, -0.2) is 6.04 Å². The fourth-order valence-corrected chi connectivity index (χ4v) is 1.98. The minimum atomic E-state index is 0.387. The SMILES string of the molecule is NC1CC1c1ccc(Br)c(Br)c1. The van der Waals surface area contributed by atoms with Crippen LogP contribution in [0.3, 0.4) is 0 Å². The summed E-state index contributed by atoms with van der Waals surface area (Å²) in [7, 11) is 0. The molecule has 2 N–H and O–H groups in total. The molecule has 0 amide bonds. The Bertz CT molecular complexity index is 311. The van der Waals surface area contributed by atoms with Crippen molar-refractivity contribution in [2.75, 3.05) is 0 Å². The summed E-state index contributed by atoms with van der Waals surface area (Å²) in [5.74, 6) is 0.592. The van der Waals surface area contributed by atoms with E-state index in [9.17, 15) is 0 Å². The Hall–Kier alpha value is 0.140. The van der Waals surface area contributed by atoms with Gasteiger partial charge in [-0.1, -0.05) is 6.07 Å². The van der Waals surface area contributed by atoms with E-state index in [0.29, 0.717) is 12.0 Å². The summed E-state index contributed by atoms with van der Waals surface area (Å²) in [6.45, 7) is 0. The highest BCUT2D eigenvalue weighted by atomic mass is 79.9. The van der Waals surface area contributed by atoms with E-state index in [0.717, 1.165) is 15.4 Å². The first-order chi connectivity index (χ1) is 5.68. The van der Waals surface area contributed by atoms with Crippen LogP contribution in [0.5, 0.6) is 0 Å². The van der Waals surface area contributed by atoms with Crippen molar-refractivity contribution in [1.82, 2.24) is 0 Å². The van der Waals surface area contributed by atoms with E-state index in [1.54, 1.807) is 0 Å². The Kier molecular flexibility index (Phi) is 2.27. The summed E-state index contributed by atoms with van der Waals surface area (Å²) >= 11 is 6.91. The van der Waals surface area contributed by atoms with Crippen LogP contribution in [0.15, 0.2) is 27.1 Å². The van der Waals surface area contributed by atoms with Crippen LogP contribution >= 0.6 is 31.9 Å². The molecule has 1 aliphatic rings. The molecule has 1 saturated carbocycles. The predicted octanol–water partition coefficient (Wildman–Crippen LogP) is 3.03. The first kappa shape index (κ1) is 8.73. The third kappa shape index (κ3) is 1.58. The van der Waals surface area contributed by atoms with E-state index >= 15 is 0 Å². The summed E-state index contributed by atoms with van der Waals surface area (Å²) in [4.78, 5) is 0. The Morgan fingerprint density at radius 1 is 1.25 bits per heavy atom. The molecule has 0 aliphatic heterocycles. The van der Waals surface area contributed by atoms with Crippen molar-refractivity contribution in [3.05, 3.63) is 32.7 Å². The Balaban J connectivity index is 2.29. The average molecular weight is 291 g/mol. The minimum absolute atomic E-state index is 0.387. The van der Waals surface area contributed by atoms with E-state index in [1.165, 1.54) is 5.56 Å². The second-order valence-corrected chi connectivity index (χ2v) is 4.89. The van der Waals surface area contributed by atoms with Crippen LogP contribution in [0.4, 0.5) is 0 Å². The van der Waals surface area contributed by atoms with Gasteiger partial charge in [0.15, 0.2) is 0 Å². The van der Waals surface area contributed by atoms with Gasteiger partial charge in [-0.15, -0.1) is 0 Å². The van der Waals surface area contributed by atoms with Crippen LogP contribution in [-0.2, 0) is 0 Å². The number of nitrogens with two attached hydrogens (primary N) is 1. The zero-order valence-corrected chi connectivity index (χ0v) is 9.60. The van der Waals surface area contributed by atoms with Gasteiger partial charge in [-0.2, -0.15) is 0 Å². The van der Waals surface area contributed by atoms with Gasteiger partial charge in [0.25, 0.3) is 0 Å². The molecule has 0 spiro atoms. The van der Waals surface area contributed by atoms with Crippen molar-refractivity contribution >= 4 is 31.9 Å². The van der Waals surface area contributed by atoms with Crippen LogP contribution in [0, 0.1) is 0 Å². The molecular formula is C9H9Br2N. The van der Waals surface area contributed by atoms with Gasteiger partial charge in [-0.05, 0) is 56.0 Å². The second kappa shape index (κ2) is 3.13. The van der Waals surface area contributed by atoms with Crippen LogP contribution in [0.1, 0.15) is 17.9 Å². The van der Waals surface area contributed by atoms with Crippen LogP contribution in [0.2, 0.25) is 0 Å². The van der Waals surface area contributed by atoms with Crippen molar-refractivity contribution < 1.29 is 0 Å². The molecular weight excluding hydrogens is 282 g/mol. The maximum absolute atomic E-state index is 5.76. The first-order valence-corrected chi connectivity index (χ1v) is 5.47. The van der Waals surface area contributed by atoms with Crippen molar-refractivity contribution in [2.24, 2.45) is 5.73 Å². The first-order valence-electron chi connectivity index (χ1n) is 3.89. The molecule has 3 heteroatoms. The van der Waals surface area contributed by atoms with Gasteiger partial charge >= 0.3 is 0 Å². The highest BCUT2D eigenvalue weighted by Gasteiger charge is 2.34. The quantitative estimate of drug-likeness (QED) is 0.845. The van der Waals surface area contributed by atoms with E-state index in [2.05, 4.69) is 50.1 Å². The van der Waals surface area contributed by atoms with E-state index < -0.39 is 0 Å². The normalized spacial score (nSPS) is 27.2. The van der Waals surface area contributed by atoms with Gasteiger partial charge in [0.1, 0.15) is 0 Å². The van der Waals surface area contributed by atoms with Gasteiger partial charge in [0.05, 0.1) is 0 Å². The van der Waals surface area contributed by atoms with Gasteiger partial charge in [0.2, 0.25) is 0 Å². The molecule has 2 rings (SSSR count). The monoisotopic (exact) mass is 289 g/mol. The molecule has 0 saturated heterocycles. The van der Waals surface area contributed by atoms with E-state index in [-0.39, 0.29) is 0 Å². The van der Waals surface area contributed by atoms with Crippen molar-refractivity contribution in [2.45, 2.75) is 18.4 Å². The molecule has 12 heavy (non-hydrogen) atoms. The highest BCUT2D eigenvalue weighted by Crippen LogP contribution is 2.40. The Labute approximate surface area is 88.6 Å². The minimum Gasteiger partial charge on any atom is -0.327 e. The third-order valence-corrected chi connectivity index (χ3v) is 4.09. The maximum Gasteiger partial charge on any atom is 0.0320 e. The Morgan fingerprint density at radius 3 is 2.42 bits per heavy atom. The predicted molar refractivity (Wildman–Crippen MR) is 57.2 cm³/mol. The molecule has 1 nitrogen and oxygen atoms in total. The van der Waals surface area contributed by atoms with Crippen LogP contribution in [0.25, 0.3) is 0 Å². The number of halogens is 2. The summed E-state index contributed by atoms with van der Waals surface area (Å²) in [5.41, 5.74) is 7.10. The molecule has 2 unspecified atom stereocenters. The smallest absolute Gasteiger partial charge is 0.0320 e. The molecule has 0 heterocycles. The average Bonchev–Trinajstić information content (AvgIpc) is 2.73. The number of rotatable bonds is 1. The zero-order chi connectivity index (χ0) is 8.72. The standard InChI is InChI=1S/C9H9Br2N/c10-7-2-1-5(3-8(7)11)6-4-9(6)12/h1-3,6,9H,4,12H2. The summed E-state index contributed by atoms with van der Waals surface area (Å²) in [5, 5.41) is 0. The molecule has 64 valence electrons. The summed E-state index contributed by atoms with van der Waals surface area (Å²) in [6, 6.07) is 6.72. The number of hydrogen-bond donors (Lipinski definition) is 1. The maximum atomic E-state index is 5.76. The Morgan fingerprint density at radius 2 is 1.92 bits per heavy atom. The summed E-state index contributed by atoms with van der Waals surface area (Å²) in [6.07, 6.45) is 1.13. The summed E-state index contributed by atoms with van der Waals surface area (Å²) < 4.78 is 2.21. The molecule has 1 aromatic rings. The van der Waals surface area contributed by atoms with Gasteiger partial charge < -0.3 is 5.73 Å². The third-order valence-electron chi connectivity index (χ3n) is 2.21. The largest absolute Gasteiger partial charge is 0.327 e. The van der Waals surface area contributed by atoms with Crippen molar-refractivity contribution in [1.29, 1.82) is 0 Å². The molecule has 1 fully saturated rings. The van der Waals surface area contributed by atoms with E-state index in [4.69, 9.17) is 5.73 Å². The molecule has 1 aliphatic carbocycles. The van der Waals surface area contributed by atoms with Crippen molar-refractivity contribution in [3.63, 3.8) is 0 Å². The van der Waals surface area contributed by atoms with Gasteiger partial charge in [-0.3, -0.25) is 0 Å². The molecule has 0 aromatic heterocycles. The van der Waals surface area contributed by atoms with Crippen molar-refractivity contribution in [3.8, 4) is 0 Å².